The third kappa shape index (κ3) is 4.34. The Balaban J connectivity index is 2.29. The number of hydrogen-bond acceptors (Lipinski definition) is 6. The van der Waals surface area contributed by atoms with Crippen molar-refractivity contribution >= 4 is 38.8 Å². The molecule has 138 valence electrons. The lowest BCUT2D eigenvalue weighted by molar-refractivity contribution is -0.120. The van der Waals surface area contributed by atoms with Crippen molar-refractivity contribution in [2.24, 2.45) is 0 Å². The normalized spacial score (nSPS) is 13.3. The number of fused-ring (bicyclic) bond motifs is 1. The van der Waals surface area contributed by atoms with E-state index in [0.717, 1.165) is 0 Å². The lowest BCUT2D eigenvalue weighted by Crippen LogP contribution is -2.30. The van der Waals surface area contributed by atoms with Gasteiger partial charge < -0.3 is 9.73 Å². The van der Waals surface area contributed by atoms with Crippen LogP contribution in [0.25, 0.3) is 11.1 Å². The highest BCUT2D eigenvalue weighted by atomic mass is 32.2. The number of oxazole rings is 1. The Bertz CT molecular complexity index is 844. The average molecular weight is 386 g/mol. The van der Waals surface area contributed by atoms with Crippen LogP contribution in [0, 0.1) is 0 Å². The van der Waals surface area contributed by atoms with E-state index in [1.807, 2.05) is 6.92 Å². The summed E-state index contributed by atoms with van der Waals surface area (Å²) >= 11 is 1.20. The molecule has 7 nitrogen and oxygen atoms in total. The van der Waals surface area contributed by atoms with E-state index in [4.69, 9.17) is 4.42 Å². The van der Waals surface area contributed by atoms with Crippen molar-refractivity contribution in [2.45, 2.75) is 43.1 Å². The highest BCUT2D eigenvalue weighted by molar-refractivity contribution is 8.00. The van der Waals surface area contributed by atoms with E-state index in [-0.39, 0.29) is 16.1 Å². The number of nitrogens with one attached hydrogen (secondary N) is 1. The lowest BCUT2D eigenvalue weighted by atomic mass is 10.3. The van der Waals surface area contributed by atoms with Crippen LogP contribution in [0.4, 0.5) is 0 Å². The second kappa shape index (κ2) is 8.20. The van der Waals surface area contributed by atoms with Gasteiger partial charge in [0.05, 0.1) is 10.1 Å². The van der Waals surface area contributed by atoms with Crippen molar-refractivity contribution in [3.8, 4) is 0 Å². The molecular formula is C16H23N3O4S2. The number of hydrogen-bond donors (Lipinski definition) is 1. The fourth-order valence-corrected chi connectivity index (χ4v) is 4.59. The van der Waals surface area contributed by atoms with Crippen molar-refractivity contribution in [3.05, 3.63) is 18.2 Å². The maximum Gasteiger partial charge on any atom is 0.257 e. The maximum atomic E-state index is 12.6. The number of carbonyl (C=O) groups excluding carboxylic acids is 1. The van der Waals surface area contributed by atoms with Crippen LogP contribution in [-0.2, 0) is 14.8 Å². The lowest BCUT2D eigenvalue weighted by Gasteiger charge is -2.18. The van der Waals surface area contributed by atoms with Gasteiger partial charge in [-0.1, -0.05) is 25.6 Å². The molecule has 0 aliphatic carbocycles. The summed E-state index contributed by atoms with van der Waals surface area (Å²) in [6, 6.07) is 4.62. The number of benzene rings is 1. The van der Waals surface area contributed by atoms with Crippen LogP contribution in [0.5, 0.6) is 0 Å². The molecule has 9 heteroatoms. The van der Waals surface area contributed by atoms with Crippen molar-refractivity contribution in [3.63, 3.8) is 0 Å². The molecule has 0 unspecified atom stereocenters. The van der Waals surface area contributed by atoms with E-state index >= 15 is 0 Å². The fraction of sp³-hybridized carbons (Fsp3) is 0.500. The van der Waals surface area contributed by atoms with Crippen LogP contribution in [0.2, 0.25) is 0 Å². The van der Waals surface area contributed by atoms with E-state index < -0.39 is 10.0 Å². The molecule has 0 spiro atoms. The van der Waals surface area contributed by atoms with Crippen LogP contribution < -0.4 is 5.32 Å². The van der Waals surface area contributed by atoms with Gasteiger partial charge in [0, 0.05) is 19.6 Å². The molecule has 25 heavy (non-hydrogen) atoms. The average Bonchev–Trinajstić information content (AvgIpc) is 2.97. The molecule has 1 aromatic heterocycles. The van der Waals surface area contributed by atoms with Crippen molar-refractivity contribution < 1.29 is 17.6 Å². The molecule has 1 aromatic carbocycles. The monoisotopic (exact) mass is 385 g/mol. The summed E-state index contributed by atoms with van der Waals surface area (Å²) < 4.78 is 32.2. The zero-order valence-electron chi connectivity index (χ0n) is 14.8. The summed E-state index contributed by atoms with van der Waals surface area (Å²) in [5.74, 6) is -0.0976. The van der Waals surface area contributed by atoms with Gasteiger partial charge in [0.25, 0.3) is 5.22 Å². The number of sulfonamides is 1. The third-order valence-electron chi connectivity index (χ3n) is 3.68. The first kappa shape index (κ1) is 19.7. The molecule has 0 radical (unpaired) electrons. The summed E-state index contributed by atoms with van der Waals surface area (Å²) in [4.78, 5) is 16.3. The topological polar surface area (TPSA) is 92.5 Å². The number of amides is 1. The smallest absolute Gasteiger partial charge is 0.257 e. The summed E-state index contributed by atoms with van der Waals surface area (Å²) in [6.45, 7) is 8.58. The number of aromatic nitrogens is 1. The minimum absolute atomic E-state index is 0.0976. The summed E-state index contributed by atoms with van der Waals surface area (Å²) in [5, 5.41) is 2.72. The van der Waals surface area contributed by atoms with Crippen LogP contribution in [0.3, 0.4) is 0 Å². The molecule has 1 N–H and O–H groups in total. The van der Waals surface area contributed by atoms with E-state index in [2.05, 4.69) is 10.3 Å². The molecule has 2 rings (SSSR count). The van der Waals surface area contributed by atoms with Gasteiger partial charge in [-0.15, -0.1) is 0 Å². The minimum Gasteiger partial charge on any atom is -0.431 e. The van der Waals surface area contributed by atoms with Crippen molar-refractivity contribution in [1.82, 2.24) is 14.6 Å². The Labute approximate surface area is 152 Å². The van der Waals surface area contributed by atoms with Gasteiger partial charge in [-0.05, 0) is 32.0 Å². The second-order valence-electron chi connectivity index (χ2n) is 5.35. The predicted molar refractivity (Wildman–Crippen MR) is 98.1 cm³/mol. The SMILES string of the molecule is CCNC(=O)[C@@H](C)Sc1nc2cc(S(=O)(=O)N(CC)CC)ccc2o1. The van der Waals surface area contributed by atoms with Gasteiger partial charge in [-0.2, -0.15) is 4.31 Å². The number of nitrogens with zero attached hydrogens (tertiary/aromatic N) is 2. The minimum atomic E-state index is -3.55. The Morgan fingerprint density at radius 3 is 2.60 bits per heavy atom. The molecule has 0 bridgehead atoms. The van der Waals surface area contributed by atoms with Gasteiger partial charge >= 0.3 is 0 Å². The Morgan fingerprint density at radius 2 is 2.00 bits per heavy atom. The molecule has 0 fully saturated rings. The zero-order chi connectivity index (χ0) is 18.6. The molecule has 0 aliphatic rings. The van der Waals surface area contributed by atoms with Gasteiger partial charge in [0.15, 0.2) is 5.58 Å². The first-order valence-electron chi connectivity index (χ1n) is 8.18. The number of carbonyl (C=O) groups is 1. The largest absolute Gasteiger partial charge is 0.431 e. The van der Waals surface area contributed by atoms with E-state index in [1.54, 1.807) is 26.8 Å². The van der Waals surface area contributed by atoms with E-state index in [9.17, 15) is 13.2 Å². The van der Waals surface area contributed by atoms with E-state index in [0.29, 0.717) is 36.0 Å². The highest BCUT2D eigenvalue weighted by Crippen LogP contribution is 2.28. The first-order valence-corrected chi connectivity index (χ1v) is 10.5. The highest BCUT2D eigenvalue weighted by Gasteiger charge is 2.23. The van der Waals surface area contributed by atoms with Crippen LogP contribution in [0.15, 0.2) is 32.7 Å². The quantitative estimate of drug-likeness (QED) is 0.702. The predicted octanol–water partition coefficient (Wildman–Crippen LogP) is 2.48. The summed E-state index contributed by atoms with van der Waals surface area (Å²) in [6.07, 6.45) is 0. The van der Waals surface area contributed by atoms with E-state index in [1.165, 1.54) is 28.2 Å². The maximum absolute atomic E-state index is 12.6. The zero-order valence-corrected chi connectivity index (χ0v) is 16.4. The molecule has 1 atom stereocenters. The van der Waals surface area contributed by atoms with Gasteiger partial charge in [0.1, 0.15) is 5.52 Å². The Kier molecular flexibility index (Phi) is 6.47. The molecular weight excluding hydrogens is 362 g/mol. The van der Waals surface area contributed by atoms with Crippen molar-refractivity contribution in [1.29, 1.82) is 0 Å². The van der Waals surface area contributed by atoms with Crippen LogP contribution >= 0.6 is 11.8 Å². The first-order chi connectivity index (χ1) is 11.8. The Hall–Kier alpha value is -1.58. The molecule has 2 aromatic rings. The van der Waals surface area contributed by atoms with Gasteiger partial charge in [-0.25, -0.2) is 13.4 Å². The summed E-state index contributed by atoms with van der Waals surface area (Å²) in [5.41, 5.74) is 0.947. The molecule has 0 saturated heterocycles. The van der Waals surface area contributed by atoms with Gasteiger partial charge in [-0.3, -0.25) is 4.79 Å². The van der Waals surface area contributed by atoms with Crippen molar-refractivity contribution in [2.75, 3.05) is 19.6 Å². The third-order valence-corrected chi connectivity index (χ3v) is 6.67. The number of thioether (sulfide) groups is 1. The molecule has 0 saturated carbocycles. The van der Waals surface area contributed by atoms with Gasteiger partial charge in [0.2, 0.25) is 15.9 Å². The fourth-order valence-electron chi connectivity index (χ4n) is 2.33. The molecule has 1 amide bonds. The van der Waals surface area contributed by atoms with Crippen LogP contribution in [-0.4, -0.2) is 48.5 Å². The standard InChI is InChI=1S/C16H23N3O4S2/c1-5-17-15(20)11(4)24-16-18-13-10-12(8-9-14(13)23-16)25(21,22)19(6-2)7-3/h8-11H,5-7H2,1-4H3,(H,17,20)/t11-/m1/s1. The second-order valence-corrected chi connectivity index (χ2v) is 8.58. The Morgan fingerprint density at radius 1 is 1.32 bits per heavy atom. The number of rotatable bonds is 8. The molecule has 0 aliphatic heterocycles. The molecule has 1 heterocycles. The summed E-state index contributed by atoms with van der Waals surface area (Å²) in [7, 11) is -3.55. The van der Waals surface area contributed by atoms with Crippen LogP contribution in [0.1, 0.15) is 27.7 Å².